The van der Waals surface area contributed by atoms with Crippen molar-refractivity contribution >= 4 is 16.3 Å². The Kier molecular flexibility index (Phi) is 12.6. The van der Waals surface area contributed by atoms with Gasteiger partial charge in [0.25, 0.3) is 0 Å². The van der Waals surface area contributed by atoms with Crippen LogP contribution < -0.4 is 5.32 Å². The van der Waals surface area contributed by atoms with Crippen LogP contribution in [-0.2, 0) is 23.6 Å². The van der Waals surface area contributed by atoms with Crippen molar-refractivity contribution in [3.8, 4) is 0 Å². The molecule has 0 radical (unpaired) electrons. The molecule has 120 valence electrons. The van der Waals surface area contributed by atoms with Crippen molar-refractivity contribution < 1.29 is 21.6 Å². The molecule has 1 amide bonds. The van der Waals surface area contributed by atoms with E-state index in [0.717, 1.165) is 6.54 Å². The summed E-state index contributed by atoms with van der Waals surface area (Å²) in [6.07, 6.45) is 0. The van der Waals surface area contributed by atoms with Gasteiger partial charge in [-0.15, -0.1) is 0 Å². The molecule has 0 aliphatic rings. The molecule has 20 heavy (non-hydrogen) atoms. The van der Waals surface area contributed by atoms with Gasteiger partial charge in [-0.1, -0.05) is 6.58 Å². The van der Waals surface area contributed by atoms with Crippen LogP contribution in [0.5, 0.6) is 0 Å². The third-order valence-corrected chi connectivity index (χ3v) is 2.81. The lowest BCUT2D eigenvalue weighted by atomic mass is 10.3. The Morgan fingerprint density at radius 3 is 1.95 bits per heavy atom. The topological polar surface area (TPSA) is 84.9 Å². The van der Waals surface area contributed by atoms with Crippen LogP contribution in [0.2, 0.25) is 0 Å². The number of amides is 1. The monoisotopic (exact) mass is 310 g/mol. The maximum absolute atomic E-state index is 10.9. The zero-order valence-corrected chi connectivity index (χ0v) is 13.7. The van der Waals surface area contributed by atoms with Gasteiger partial charge in [0.1, 0.15) is 0 Å². The Labute approximate surface area is 122 Å². The van der Waals surface area contributed by atoms with Crippen LogP contribution in [0.1, 0.15) is 20.8 Å². The van der Waals surface area contributed by atoms with Gasteiger partial charge in [0, 0.05) is 18.7 Å². The predicted molar refractivity (Wildman–Crippen MR) is 78.5 cm³/mol. The fourth-order valence-electron chi connectivity index (χ4n) is 0.867. The molecule has 0 bridgehead atoms. The molecule has 0 unspecified atom stereocenters. The van der Waals surface area contributed by atoms with Gasteiger partial charge in [0.05, 0.1) is 13.2 Å². The Hall–Kier alpha value is -0.960. The summed E-state index contributed by atoms with van der Waals surface area (Å²) in [5, 5.41) is 2.73. The lowest BCUT2D eigenvalue weighted by Gasteiger charge is -2.09. The van der Waals surface area contributed by atoms with Gasteiger partial charge in [-0.05, 0) is 34.9 Å². The minimum absolute atomic E-state index is 0.0631. The minimum atomic E-state index is -3.68. The first-order valence-corrected chi connectivity index (χ1v) is 7.61. The van der Waals surface area contributed by atoms with E-state index in [1.165, 1.54) is 0 Å². The van der Waals surface area contributed by atoms with Crippen LogP contribution in [0, 0.1) is 0 Å². The quantitative estimate of drug-likeness (QED) is 0.659. The van der Waals surface area contributed by atoms with Gasteiger partial charge in [0.2, 0.25) is 5.91 Å². The molecular weight excluding hydrogens is 284 g/mol. The molecule has 7 nitrogen and oxygen atoms in total. The average Bonchev–Trinajstić information content (AvgIpc) is 2.28. The van der Waals surface area contributed by atoms with Gasteiger partial charge in [-0.2, -0.15) is 8.42 Å². The first-order valence-electron chi connectivity index (χ1n) is 6.28. The molecule has 1 N–H and O–H groups in total. The highest BCUT2D eigenvalue weighted by Gasteiger charge is 2.06. The number of hydrogen-bond donors (Lipinski definition) is 1. The number of likely N-dealkylation sites (N-methyl/N-ethyl adjacent to an activating group) is 1. The number of carbonyl (C=O) groups excluding carboxylic acids is 1. The number of nitrogens with zero attached hydrogens (tertiary/aromatic N) is 1. The summed E-state index contributed by atoms with van der Waals surface area (Å²) in [6.45, 7) is 10.2. The van der Waals surface area contributed by atoms with Crippen molar-refractivity contribution in [3.05, 3.63) is 12.2 Å². The zero-order valence-electron chi connectivity index (χ0n) is 12.9. The number of hydrogen-bond acceptors (Lipinski definition) is 6. The second kappa shape index (κ2) is 11.8. The highest BCUT2D eigenvalue weighted by Crippen LogP contribution is 1.93. The van der Waals surface area contributed by atoms with Crippen molar-refractivity contribution in [2.75, 3.05) is 40.4 Å². The smallest absolute Gasteiger partial charge is 0.351 e. The van der Waals surface area contributed by atoms with E-state index in [0.29, 0.717) is 12.1 Å². The van der Waals surface area contributed by atoms with Crippen molar-refractivity contribution in [1.29, 1.82) is 0 Å². The lowest BCUT2D eigenvalue weighted by molar-refractivity contribution is -0.117. The molecule has 0 spiro atoms. The van der Waals surface area contributed by atoms with Gasteiger partial charge < -0.3 is 10.2 Å². The van der Waals surface area contributed by atoms with Crippen LogP contribution in [-0.4, -0.2) is 59.6 Å². The van der Waals surface area contributed by atoms with Gasteiger partial charge in [0.15, 0.2) is 0 Å². The molecule has 0 aliphatic carbocycles. The fourth-order valence-corrected chi connectivity index (χ4v) is 1.51. The first kappa shape index (κ1) is 21.3. The Balaban J connectivity index is 0. The van der Waals surface area contributed by atoms with E-state index in [1.807, 2.05) is 19.0 Å². The van der Waals surface area contributed by atoms with E-state index in [-0.39, 0.29) is 19.1 Å². The Morgan fingerprint density at radius 2 is 1.65 bits per heavy atom. The number of rotatable bonds is 8. The van der Waals surface area contributed by atoms with Gasteiger partial charge >= 0.3 is 10.4 Å². The molecule has 0 aromatic heterocycles. The molecule has 0 rings (SSSR count). The van der Waals surface area contributed by atoms with E-state index in [1.54, 1.807) is 20.8 Å². The van der Waals surface area contributed by atoms with Crippen molar-refractivity contribution in [1.82, 2.24) is 10.2 Å². The third-order valence-electron chi connectivity index (χ3n) is 1.76. The van der Waals surface area contributed by atoms with Crippen molar-refractivity contribution in [2.45, 2.75) is 20.8 Å². The van der Waals surface area contributed by atoms with Crippen LogP contribution in [0.4, 0.5) is 0 Å². The van der Waals surface area contributed by atoms with Crippen LogP contribution in [0.25, 0.3) is 0 Å². The van der Waals surface area contributed by atoms with E-state index < -0.39 is 10.4 Å². The first-order chi connectivity index (χ1) is 9.16. The molecule has 0 aromatic rings. The van der Waals surface area contributed by atoms with Crippen molar-refractivity contribution in [2.24, 2.45) is 0 Å². The van der Waals surface area contributed by atoms with Crippen LogP contribution in [0.3, 0.4) is 0 Å². The molecule has 0 saturated heterocycles. The normalized spacial score (nSPS) is 10.7. The summed E-state index contributed by atoms with van der Waals surface area (Å²) in [7, 11) is 0.249. The highest BCUT2D eigenvalue weighted by atomic mass is 32.3. The van der Waals surface area contributed by atoms with Crippen molar-refractivity contribution in [3.63, 3.8) is 0 Å². The highest BCUT2D eigenvalue weighted by molar-refractivity contribution is 7.81. The van der Waals surface area contributed by atoms with Crippen LogP contribution >= 0.6 is 0 Å². The average molecular weight is 310 g/mol. The van der Waals surface area contributed by atoms with Gasteiger partial charge in [-0.3, -0.25) is 4.79 Å². The maximum Gasteiger partial charge on any atom is 0.399 e. The summed E-state index contributed by atoms with van der Waals surface area (Å²) in [5.74, 6) is -0.0631. The summed E-state index contributed by atoms with van der Waals surface area (Å²) in [5.41, 5.74) is 0.559. The second-order valence-electron chi connectivity index (χ2n) is 4.06. The van der Waals surface area contributed by atoms with E-state index >= 15 is 0 Å². The molecule has 0 heterocycles. The Morgan fingerprint density at radius 1 is 1.20 bits per heavy atom. The second-order valence-corrected chi connectivity index (χ2v) is 5.35. The number of carbonyl (C=O) groups is 1. The SMILES string of the molecule is C=C(C)C(=O)NCCN(C)C.CCOS(=O)(=O)OCC. The minimum Gasteiger partial charge on any atom is -0.351 e. The molecule has 0 saturated carbocycles. The third kappa shape index (κ3) is 15.1. The summed E-state index contributed by atoms with van der Waals surface area (Å²) in [4.78, 5) is 12.9. The van der Waals surface area contributed by atoms with E-state index in [9.17, 15) is 13.2 Å². The largest absolute Gasteiger partial charge is 0.399 e. The predicted octanol–water partition coefficient (Wildman–Crippen LogP) is 0.545. The van der Waals surface area contributed by atoms with E-state index in [2.05, 4.69) is 20.3 Å². The molecule has 0 atom stereocenters. The molecule has 0 fully saturated rings. The number of nitrogens with one attached hydrogen (secondary N) is 1. The summed E-state index contributed by atoms with van der Waals surface area (Å²) < 4.78 is 29.2. The van der Waals surface area contributed by atoms with Gasteiger partial charge in [-0.25, -0.2) is 8.37 Å². The Bertz CT molecular complexity index is 367. The standard InChI is InChI=1S/C8H16N2O.C4H10O4S/c1-7(2)8(11)9-5-6-10(3)4;1-3-7-9(5,6)8-4-2/h1,5-6H2,2-4H3,(H,9,11);3-4H2,1-2H3. The van der Waals surface area contributed by atoms with E-state index in [4.69, 9.17) is 0 Å². The molecule has 8 heteroatoms. The summed E-state index contributed by atoms with van der Waals surface area (Å²) in [6, 6.07) is 0. The summed E-state index contributed by atoms with van der Waals surface area (Å²) >= 11 is 0. The molecular formula is C12H26N2O5S. The fraction of sp³-hybridized carbons (Fsp3) is 0.750. The molecule has 0 aliphatic heterocycles. The lowest BCUT2D eigenvalue weighted by Crippen LogP contribution is -2.31. The van der Waals surface area contributed by atoms with Crippen LogP contribution in [0.15, 0.2) is 12.2 Å². The zero-order chi connectivity index (χ0) is 16.2. The maximum atomic E-state index is 10.9. The molecule has 0 aromatic carbocycles.